The van der Waals surface area contributed by atoms with E-state index in [1.165, 1.54) is 17.2 Å². The van der Waals surface area contributed by atoms with E-state index in [1.54, 1.807) is 6.07 Å². The summed E-state index contributed by atoms with van der Waals surface area (Å²) in [5.41, 5.74) is 6.72. The molecule has 28 heavy (non-hydrogen) atoms. The zero-order chi connectivity index (χ0) is 19.9. The number of quaternary nitrogens is 1. The molecule has 6 heteroatoms. The number of benzene rings is 1. The molecule has 2 aliphatic carbocycles. The normalized spacial score (nSPS) is 23.8. The lowest BCUT2D eigenvalue weighted by Crippen LogP contribution is -2.48. The van der Waals surface area contributed by atoms with E-state index in [0.29, 0.717) is 17.6 Å². The van der Waals surface area contributed by atoms with Crippen molar-refractivity contribution in [1.29, 1.82) is 0 Å². The highest BCUT2D eigenvalue weighted by molar-refractivity contribution is 5.64. The molecule has 1 fully saturated rings. The van der Waals surface area contributed by atoms with Gasteiger partial charge in [0.15, 0.2) is 0 Å². The summed E-state index contributed by atoms with van der Waals surface area (Å²) < 4.78 is 45.9. The standard InChI is InChI=1S/C22H23F3N2O/c1-13-16-7-8-17(18(16)9-10-27-13)14-5-6-15(11-14)28-21-4-2-3-20(19(21)12-26)22(23,24)25/h2-4,7-10,14-15,17H,5-6,11-12,26H2,1H3/p+1. The molecular weight excluding hydrogens is 365 g/mol. The van der Waals surface area contributed by atoms with Gasteiger partial charge in [-0.25, -0.2) is 0 Å². The number of pyridine rings is 1. The minimum absolute atomic E-state index is 0.0478. The van der Waals surface area contributed by atoms with Crippen LogP contribution < -0.4 is 10.5 Å². The monoisotopic (exact) mass is 389 g/mol. The van der Waals surface area contributed by atoms with Crippen LogP contribution in [0.1, 0.15) is 53.1 Å². The number of ether oxygens (including phenoxy) is 1. The molecule has 4 rings (SSSR count). The molecule has 2 aliphatic rings. The summed E-state index contributed by atoms with van der Waals surface area (Å²) in [7, 11) is 0. The predicted octanol–water partition coefficient (Wildman–Crippen LogP) is 4.51. The van der Waals surface area contributed by atoms with Crippen molar-refractivity contribution < 1.29 is 23.6 Å². The average molecular weight is 389 g/mol. The molecule has 0 radical (unpaired) electrons. The van der Waals surface area contributed by atoms with Gasteiger partial charge in [-0.05, 0) is 61.4 Å². The van der Waals surface area contributed by atoms with Crippen LogP contribution in [-0.2, 0) is 12.7 Å². The summed E-state index contributed by atoms with van der Waals surface area (Å²) in [5.74, 6) is 1.08. The third-order valence-electron chi connectivity index (χ3n) is 5.97. The second kappa shape index (κ2) is 7.24. The summed E-state index contributed by atoms with van der Waals surface area (Å²) in [6.45, 7) is 2.06. The van der Waals surface area contributed by atoms with E-state index in [-0.39, 0.29) is 18.2 Å². The lowest BCUT2D eigenvalue weighted by Gasteiger charge is -2.21. The Morgan fingerprint density at radius 3 is 2.79 bits per heavy atom. The van der Waals surface area contributed by atoms with E-state index in [1.807, 2.05) is 13.1 Å². The van der Waals surface area contributed by atoms with Gasteiger partial charge in [-0.3, -0.25) is 4.98 Å². The number of rotatable bonds is 4. The minimum atomic E-state index is -4.39. The zero-order valence-corrected chi connectivity index (χ0v) is 15.8. The highest BCUT2D eigenvalue weighted by atomic mass is 19.4. The Labute approximate surface area is 162 Å². The molecule has 0 saturated heterocycles. The smallest absolute Gasteiger partial charge is 0.417 e. The minimum Gasteiger partial charge on any atom is -0.490 e. The Morgan fingerprint density at radius 1 is 1.21 bits per heavy atom. The van der Waals surface area contributed by atoms with Crippen LogP contribution in [0.3, 0.4) is 0 Å². The number of alkyl halides is 3. The third kappa shape index (κ3) is 3.41. The molecule has 1 saturated carbocycles. The Balaban J connectivity index is 1.50. The maximum Gasteiger partial charge on any atom is 0.417 e. The molecule has 148 valence electrons. The van der Waals surface area contributed by atoms with Crippen LogP contribution in [0.5, 0.6) is 5.75 Å². The number of nitrogens with zero attached hydrogens (tertiary/aromatic N) is 1. The van der Waals surface area contributed by atoms with Crippen LogP contribution in [0.25, 0.3) is 6.08 Å². The maximum absolute atomic E-state index is 13.3. The number of halogens is 3. The van der Waals surface area contributed by atoms with Crippen LogP contribution in [0.15, 0.2) is 36.5 Å². The summed E-state index contributed by atoms with van der Waals surface area (Å²) >= 11 is 0. The van der Waals surface area contributed by atoms with Crippen molar-refractivity contribution in [2.75, 3.05) is 0 Å². The SMILES string of the molecule is Cc1nccc2c1C=CC2C1CCC(Oc2cccc(C(F)(F)F)c2C[NH3+])C1. The van der Waals surface area contributed by atoms with Gasteiger partial charge in [-0.1, -0.05) is 18.2 Å². The van der Waals surface area contributed by atoms with Crippen LogP contribution in [-0.4, -0.2) is 11.1 Å². The number of fused-ring (bicyclic) bond motifs is 1. The van der Waals surface area contributed by atoms with Gasteiger partial charge in [-0.2, -0.15) is 13.2 Å². The lowest BCUT2D eigenvalue weighted by atomic mass is 9.86. The zero-order valence-electron chi connectivity index (χ0n) is 15.8. The average Bonchev–Trinajstić information content (AvgIpc) is 3.28. The van der Waals surface area contributed by atoms with Gasteiger partial charge in [0, 0.05) is 17.8 Å². The van der Waals surface area contributed by atoms with Crippen molar-refractivity contribution in [3.05, 3.63) is 64.5 Å². The Kier molecular flexibility index (Phi) is 4.91. The first-order chi connectivity index (χ1) is 13.4. The van der Waals surface area contributed by atoms with E-state index in [9.17, 15) is 13.2 Å². The first kappa shape index (κ1) is 19.0. The fraction of sp³-hybridized carbons (Fsp3) is 0.409. The molecule has 3 nitrogen and oxygen atoms in total. The second-order valence-corrected chi connectivity index (χ2v) is 7.63. The van der Waals surface area contributed by atoms with Gasteiger partial charge in [0.1, 0.15) is 12.3 Å². The van der Waals surface area contributed by atoms with Crippen LogP contribution >= 0.6 is 0 Å². The Hall–Kier alpha value is -2.34. The Morgan fingerprint density at radius 2 is 2.04 bits per heavy atom. The molecular formula is C22H24F3N2O+. The quantitative estimate of drug-likeness (QED) is 0.837. The van der Waals surface area contributed by atoms with Crippen molar-refractivity contribution in [2.24, 2.45) is 5.92 Å². The highest BCUT2D eigenvalue weighted by Gasteiger charge is 2.37. The summed E-state index contributed by atoms with van der Waals surface area (Å²) in [5, 5.41) is 0. The molecule has 0 aliphatic heterocycles. The summed E-state index contributed by atoms with van der Waals surface area (Å²) in [6, 6.07) is 6.22. The summed E-state index contributed by atoms with van der Waals surface area (Å²) in [6.07, 6.45) is 4.44. The van der Waals surface area contributed by atoms with Crippen LogP contribution in [0, 0.1) is 12.8 Å². The molecule has 0 spiro atoms. The molecule has 1 aromatic carbocycles. The maximum atomic E-state index is 13.3. The van der Waals surface area contributed by atoms with Crippen molar-refractivity contribution >= 4 is 6.08 Å². The number of hydrogen-bond acceptors (Lipinski definition) is 2. The molecule has 3 unspecified atom stereocenters. The van der Waals surface area contributed by atoms with Gasteiger partial charge in [0.2, 0.25) is 0 Å². The van der Waals surface area contributed by atoms with Gasteiger partial charge in [0.25, 0.3) is 0 Å². The van der Waals surface area contributed by atoms with Crippen molar-refractivity contribution in [3.8, 4) is 5.75 Å². The molecule has 0 amide bonds. The predicted molar refractivity (Wildman–Crippen MR) is 101 cm³/mol. The molecule has 0 bridgehead atoms. The van der Waals surface area contributed by atoms with E-state index in [2.05, 4.69) is 28.9 Å². The summed E-state index contributed by atoms with van der Waals surface area (Å²) in [4.78, 5) is 4.36. The fourth-order valence-electron chi connectivity index (χ4n) is 4.61. The van der Waals surface area contributed by atoms with Gasteiger partial charge < -0.3 is 10.5 Å². The molecule has 1 aromatic heterocycles. The highest BCUT2D eigenvalue weighted by Crippen LogP contribution is 2.45. The van der Waals surface area contributed by atoms with E-state index >= 15 is 0 Å². The fourth-order valence-corrected chi connectivity index (χ4v) is 4.61. The topological polar surface area (TPSA) is 49.8 Å². The van der Waals surface area contributed by atoms with Crippen molar-refractivity contribution in [1.82, 2.24) is 4.98 Å². The van der Waals surface area contributed by atoms with Gasteiger partial charge in [0.05, 0.1) is 17.2 Å². The first-order valence-electron chi connectivity index (χ1n) is 9.67. The number of aryl methyl sites for hydroxylation is 1. The first-order valence-corrected chi connectivity index (χ1v) is 9.67. The van der Waals surface area contributed by atoms with Crippen molar-refractivity contribution in [3.63, 3.8) is 0 Å². The van der Waals surface area contributed by atoms with Gasteiger partial charge in [-0.15, -0.1) is 0 Å². The molecule has 2 aromatic rings. The van der Waals surface area contributed by atoms with Gasteiger partial charge >= 0.3 is 6.18 Å². The second-order valence-electron chi connectivity index (χ2n) is 7.63. The number of aromatic nitrogens is 1. The van der Waals surface area contributed by atoms with Crippen LogP contribution in [0.4, 0.5) is 13.2 Å². The number of hydrogen-bond donors (Lipinski definition) is 1. The molecule has 1 heterocycles. The largest absolute Gasteiger partial charge is 0.490 e. The van der Waals surface area contributed by atoms with E-state index < -0.39 is 11.7 Å². The molecule has 3 atom stereocenters. The van der Waals surface area contributed by atoms with Crippen LogP contribution in [0.2, 0.25) is 0 Å². The third-order valence-corrected chi connectivity index (χ3v) is 5.97. The Bertz CT molecular complexity index is 907. The molecule has 3 N–H and O–H groups in total. The number of allylic oxidation sites excluding steroid dienone is 1. The van der Waals surface area contributed by atoms with Crippen molar-refractivity contribution in [2.45, 2.75) is 50.9 Å². The van der Waals surface area contributed by atoms with E-state index in [0.717, 1.165) is 31.0 Å². The van der Waals surface area contributed by atoms with E-state index in [4.69, 9.17) is 4.74 Å². The lowest BCUT2D eigenvalue weighted by molar-refractivity contribution is -0.387.